The molecule has 0 spiro atoms. The summed E-state index contributed by atoms with van der Waals surface area (Å²) in [5, 5.41) is 2.76. The second kappa shape index (κ2) is 9.53. The van der Waals surface area contributed by atoms with Gasteiger partial charge in [0.25, 0.3) is 17.7 Å². The highest BCUT2D eigenvalue weighted by molar-refractivity contribution is 6.53. The molecule has 3 aromatic rings. The maximum Gasteiger partial charge on any atom is 0.283 e. The molecule has 1 heterocycles. The molecule has 1 N–H and O–H groups in total. The standard InChI is InChI=1S/C27H24ClN3O3/c1-4-30(21-11-6-5-7-12-21)25(32)19-9-8-10-20(16-19)29-24-23(28)26(33)31(27(24)34)22-14-13-17(2)15-18(22)3/h5-16,29H,4H2,1-3H3. The fourth-order valence-corrected chi connectivity index (χ4v) is 4.18. The van der Waals surface area contributed by atoms with Crippen LogP contribution in [0.4, 0.5) is 17.1 Å². The van der Waals surface area contributed by atoms with Crippen molar-refractivity contribution in [1.29, 1.82) is 0 Å². The predicted molar refractivity (Wildman–Crippen MR) is 135 cm³/mol. The minimum absolute atomic E-state index is 0.0216. The van der Waals surface area contributed by atoms with Crippen molar-refractivity contribution in [3.8, 4) is 0 Å². The topological polar surface area (TPSA) is 69.7 Å². The summed E-state index contributed by atoms with van der Waals surface area (Å²) in [4.78, 5) is 41.9. The SMILES string of the molecule is CCN(C(=O)c1cccc(NC2=C(Cl)C(=O)N(c3ccc(C)cc3C)C2=O)c1)c1ccccc1. The number of amides is 3. The zero-order valence-corrected chi connectivity index (χ0v) is 19.9. The number of carbonyl (C=O) groups is 3. The van der Waals surface area contributed by atoms with Crippen LogP contribution in [0.25, 0.3) is 0 Å². The van der Waals surface area contributed by atoms with Crippen LogP contribution in [0.3, 0.4) is 0 Å². The molecule has 0 saturated heterocycles. The number of anilines is 3. The first-order valence-electron chi connectivity index (χ1n) is 10.9. The fraction of sp³-hybridized carbons (Fsp3) is 0.148. The van der Waals surface area contributed by atoms with E-state index in [4.69, 9.17) is 11.6 Å². The summed E-state index contributed by atoms with van der Waals surface area (Å²) in [7, 11) is 0. The minimum Gasteiger partial charge on any atom is -0.350 e. The number of carbonyl (C=O) groups excluding carboxylic acids is 3. The summed E-state index contributed by atoms with van der Waals surface area (Å²) >= 11 is 6.29. The molecule has 0 aliphatic carbocycles. The van der Waals surface area contributed by atoms with Crippen molar-refractivity contribution < 1.29 is 14.4 Å². The van der Waals surface area contributed by atoms with E-state index < -0.39 is 11.8 Å². The average Bonchev–Trinajstić information content (AvgIpc) is 3.04. The van der Waals surface area contributed by atoms with E-state index in [1.807, 2.05) is 63.2 Å². The van der Waals surface area contributed by atoms with Crippen LogP contribution in [0.5, 0.6) is 0 Å². The Morgan fingerprint density at radius 2 is 1.68 bits per heavy atom. The number of aryl methyl sites for hydroxylation is 2. The van der Waals surface area contributed by atoms with E-state index >= 15 is 0 Å². The molecule has 0 aromatic heterocycles. The molecule has 7 heteroatoms. The van der Waals surface area contributed by atoms with E-state index in [2.05, 4.69) is 5.32 Å². The highest BCUT2D eigenvalue weighted by Gasteiger charge is 2.39. The third-order valence-electron chi connectivity index (χ3n) is 5.63. The number of benzene rings is 3. The van der Waals surface area contributed by atoms with Crippen LogP contribution in [0.1, 0.15) is 28.4 Å². The van der Waals surface area contributed by atoms with Gasteiger partial charge in [0.05, 0.1) is 5.69 Å². The largest absolute Gasteiger partial charge is 0.350 e. The van der Waals surface area contributed by atoms with Gasteiger partial charge in [-0.3, -0.25) is 14.4 Å². The molecule has 1 aliphatic rings. The van der Waals surface area contributed by atoms with Crippen molar-refractivity contribution in [1.82, 2.24) is 0 Å². The zero-order valence-electron chi connectivity index (χ0n) is 19.1. The molecule has 1 aliphatic heterocycles. The van der Waals surface area contributed by atoms with Gasteiger partial charge in [-0.25, -0.2) is 4.90 Å². The number of rotatable bonds is 6. The van der Waals surface area contributed by atoms with Crippen molar-refractivity contribution >= 4 is 46.4 Å². The summed E-state index contributed by atoms with van der Waals surface area (Å²) < 4.78 is 0. The van der Waals surface area contributed by atoms with Gasteiger partial charge < -0.3 is 10.2 Å². The van der Waals surface area contributed by atoms with Gasteiger partial charge in [0, 0.05) is 23.5 Å². The molecule has 0 fully saturated rings. The lowest BCUT2D eigenvalue weighted by Gasteiger charge is -2.21. The highest BCUT2D eigenvalue weighted by atomic mass is 35.5. The van der Waals surface area contributed by atoms with Crippen molar-refractivity contribution in [3.05, 3.63) is 100 Å². The highest BCUT2D eigenvalue weighted by Crippen LogP contribution is 2.32. The van der Waals surface area contributed by atoms with Gasteiger partial charge in [-0.2, -0.15) is 0 Å². The van der Waals surface area contributed by atoms with E-state index in [1.165, 1.54) is 0 Å². The van der Waals surface area contributed by atoms with Crippen LogP contribution < -0.4 is 15.1 Å². The predicted octanol–water partition coefficient (Wildman–Crippen LogP) is 5.41. The molecule has 0 radical (unpaired) electrons. The third kappa shape index (κ3) is 4.32. The van der Waals surface area contributed by atoms with Gasteiger partial charge >= 0.3 is 0 Å². The first kappa shape index (κ1) is 23.3. The molecule has 0 saturated carbocycles. The van der Waals surface area contributed by atoms with E-state index in [0.717, 1.165) is 21.7 Å². The van der Waals surface area contributed by atoms with Crippen LogP contribution in [-0.2, 0) is 9.59 Å². The molecule has 3 amide bonds. The molecule has 0 bridgehead atoms. The Kier molecular flexibility index (Phi) is 6.52. The normalized spacial score (nSPS) is 13.5. The summed E-state index contributed by atoms with van der Waals surface area (Å²) in [5.74, 6) is -1.31. The number of nitrogens with zero attached hydrogens (tertiary/aromatic N) is 2. The smallest absolute Gasteiger partial charge is 0.283 e. The van der Waals surface area contributed by atoms with E-state index in [9.17, 15) is 14.4 Å². The van der Waals surface area contributed by atoms with Gasteiger partial charge in [0.1, 0.15) is 10.7 Å². The summed E-state index contributed by atoms with van der Waals surface area (Å²) in [5.41, 5.74) is 3.99. The van der Waals surface area contributed by atoms with E-state index in [0.29, 0.717) is 23.5 Å². The quantitative estimate of drug-likeness (QED) is 0.486. The molecule has 4 rings (SSSR count). The molecule has 6 nitrogen and oxygen atoms in total. The molecule has 0 atom stereocenters. The first-order chi connectivity index (χ1) is 16.3. The van der Waals surface area contributed by atoms with Crippen LogP contribution in [-0.4, -0.2) is 24.3 Å². The molecular weight excluding hydrogens is 450 g/mol. The van der Waals surface area contributed by atoms with E-state index in [1.54, 1.807) is 35.2 Å². The second-order valence-electron chi connectivity index (χ2n) is 8.02. The van der Waals surface area contributed by atoms with Crippen LogP contribution >= 0.6 is 11.6 Å². The van der Waals surface area contributed by atoms with Gasteiger partial charge in [0.2, 0.25) is 0 Å². The number of hydrogen-bond acceptors (Lipinski definition) is 4. The average molecular weight is 474 g/mol. The van der Waals surface area contributed by atoms with Crippen molar-refractivity contribution in [2.45, 2.75) is 20.8 Å². The van der Waals surface area contributed by atoms with Crippen LogP contribution in [0.2, 0.25) is 0 Å². The maximum absolute atomic E-state index is 13.2. The summed E-state index contributed by atoms with van der Waals surface area (Å²) in [6.45, 7) is 6.18. The summed E-state index contributed by atoms with van der Waals surface area (Å²) in [6, 6.07) is 21.6. The van der Waals surface area contributed by atoms with Crippen molar-refractivity contribution in [2.24, 2.45) is 0 Å². The monoisotopic (exact) mass is 473 g/mol. The Balaban J connectivity index is 1.60. The number of imide groups is 1. The molecule has 34 heavy (non-hydrogen) atoms. The number of halogens is 1. The number of nitrogens with one attached hydrogen (secondary N) is 1. The summed E-state index contributed by atoms with van der Waals surface area (Å²) in [6.07, 6.45) is 0. The van der Waals surface area contributed by atoms with E-state index in [-0.39, 0.29) is 16.6 Å². The lowest BCUT2D eigenvalue weighted by atomic mass is 10.1. The minimum atomic E-state index is -0.588. The van der Waals surface area contributed by atoms with Crippen LogP contribution in [0, 0.1) is 13.8 Å². The molecule has 3 aromatic carbocycles. The number of hydrogen-bond donors (Lipinski definition) is 1. The van der Waals surface area contributed by atoms with Gasteiger partial charge in [-0.15, -0.1) is 0 Å². The second-order valence-corrected chi connectivity index (χ2v) is 8.39. The van der Waals surface area contributed by atoms with Crippen molar-refractivity contribution in [2.75, 3.05) is 21.7 Å². The van der Waals surface area contributed by atoms with Gasteiger partial charge in [0.15, 0.2) is 0 Å². The Bertz CT molecular complexity index is 1320. The Labute approximate surface area is 203 Å². The third-order valence-corrected chi connectivity index (χ3v) is 5.98. The Hall–Kier alpha value is -3.90. The first-order valence-corrected chi connectivity index (χ1v) is 11.3. The maximum atomic E-state index is 13.2. The van der Waals surface area contributed by atoms with Gasteiger partial charge in [-0.1, -0.05) is 53.6 Å². The lowest BCUT2D eigenvalue weighted by Crippen LogP contribution is -2.33. The molecule has 172 valence electrons. The molecule has 0 unspecified atom stereocenters. The fourth-order valence-electron chi connectivity index (χ4n) is 3.97. The van der Waals surface area contributed by atoms with Gasteiger partial charge in [-0.05, 0) is 62.7 Å². The Morgan fingerprint density at radius 1 is 0.941 bits per heavy atom. The zero-order chi connectivity index (χ0) is 24.4. The Morgan fingerprint density at radius 3 is 2.35 bits per heavy atom. The number of para-hydroxylation sites is 1. The molecular formula is C27H24ClN3O3. The van der Waals surface area contributed by atoms with Crippen molar-refractivity contribution in [3.63, 3.8) is 0 Å². The lowest BCUT2D eigenvalue weighted by molar-refractivity contribution is -0.120. The van der Waals surface area contributed by atoms with Crippen LogP contribution in [0.15, 0.2) is 83.5 Å².